The second-order valence-corrected chi connectivity index (χ2v) is 2.42. The Kier molecular flexibility index (Phi) is 3.82. The summed E-state index contributed by atoms with van der Waals surface area (Å²) < 4.78 is 0. The Morgan fingerprint density at radius 3 is 2.58 bits per heavy atom. The van der Waals surface area contributed by atoms with Gasteiger partial charge in [-0.05, 0) is 6.92 Å². The van der Waals surface area contributed by atoms with Crippen molar-refractivity contribution in [3.8, 4) is 0 Å². The van der Waals surface area contributed by atoms with E-state index < -0.39 is 5.97 Å². The number of amidine groups is 1. The summed E-state index contributed by atoms with van der Waals surface area (Å²) in [5.41, 5.74) is 6.00. The van der Waals surface area contributed by atoms with Crippen molar-refractivity contribution in [2.75, 3.05) is 7.05 Å². The minimum atomic E-state index is -0.994. The summed E-state index contributed by atoms with van der Waals surface area (Å²) in [4.78, 5) is 10.2. The molecule has 0 radical (unpaired) electrons. The van der Waals surface area contributed by atoms with Crippen LogP contribution in [0.2, 0.25) is 0 Å². The number of hydrogen-bond acceptors (Lipinski definition) is 3. The fourth-order valence-corrected chi connectivity index (χ4v) is 0.468. The molecule has 68 valence electrons. The van der Waals surface area contributed by atoms with Gasteiger partial charge in [-0.3, -0.25) is 9.80 Å². The lowest BCUT2D eigenvalue weighted by Gasteiger charge is -2.12. The fraction of sp³-hybridized carbons (Fsp3) is 0.429. The topological polar surface area (TPSA) is 78.9 Å². The summed E-state index contributed by atoms with van der Waals surface area (Å²) >= 11 is 0. The molecular weight excluding hydrogens is 158 g/mol. The first kappa shape index (κ1) is 10.5. The quantitative estimate of drug-likeness (QED) is 0.360. The Balaban J connectivity index is 4.15. The molecule has 0 aliphatic carbocycles. The molecule has 0 aliphatic heterocycles. The maximum atomic E-state index is 10.2. The zero-order chi connectivity index (χ0) is 9.72. The maximum Gasteiger partial charge on any atom is 0.311 e. The maximum absolute atomic E-state index is 10.2. The van der Waals surface area contributed by atoms with Crippen LogP contribution in [0, 0.1) is 0 Å². The molecule has 0 fully saturated rings. The number of nitrogens with two attached hydrogens (primary N) is 1. The van der Waals surface area contributed by atoms with Crippen molar-refractivity contribution in [2.45, 2.75) is 13.3 Å². The number of allylic oxidation sites excluding steroid dienone is 1. The minimum Gasteiger partial charge on any atom is -0.481 e. The van der Waals surface area contributed by atoms with Crippen molar-refractivity contribution in [1.29, 1.82) is 0 Å². The van der Waals surface area contributed by atoms with E-state index in [1.165, 1.54) is 5.01 Å². The number of hydrazone groups is 1. The highest BCUT2D eigenvalue weighted by Gasteiger charge is 2.02. The van der Waals surface area contributed by atoms with Gasteiger partial charge in [0.25, 0.3) is 0 Å². The van der Waals surface area contributed by atoms with Crippen molar-refractivity contribution in [1.82, 2.24) is 5.01 Å². The number of aliphatic carboxylic acids is 1. The summed E-state index contributed by atoms with van der Waals surface area (Å²) in [7, 11) is 1.65. The molecule has 0 saturated heterocycles. The van der Waals surface area contributed by atoms with E-state index in [1.807, 2.05) is 0 Å². The van der Waals surface area contributed by atoms with E-state index in [9.17, 15) is 4.79 Å². The predicted octanol–water partition coefficient (Wildman–Crippen LogP) is 0.199. The number of hydrogen-bond donors (Lipinski definition) is 2. The molecule has 0 bridgehead atoms. The molecule has 3 N–H and O–H groups in total. The van der Waals surface area contributed by atoms with Crippen LogP contribution in [0.4, 0.5) is 0 Å². The molecule has 0 heterocycles. The van der Waals surface area contributed by atoms with Crippen molar-refractivity contribution >= 4 is 11.8 Å². The fourth-order valence-electron chi connectivity index (χ4n) is 0.468. The third-order valence-electron chi connectivity index (χ3n) is 1.16. The van der Waals surface area contributed by atoms with Crippen LogP contribution >= 0.6 is 0 Å². The number of carbonyl (C=O) groups is 1. The van der Waals surface area contributed by atoms with Crippen molar-refractivity contribution in [2.24, 2.45) is 10.8 Å². The van der Waals surface area contributed by atoms with Gasteiger partial charge in [-0.2, -0.15) is 5.10 Å². The summed E-state index contributed by atoms with van der Waals surface area (Å²) in [5, 5.41) is 13.5. The minimum absolute atomic E-state index is 0.0630. The summed E-state index contributed by atoms with van der Waals surface area (Å²) in [6, 6.07) is 0. The Labute approximate surface area is 71.2 Å². The van der Waals surface area contributed by atoms with Gasteiger partial charge in [-0.1, -0.05) is 6.58 Å². The molecule has 5 nitrogen and oxygen atoms in total. The molecule has 0 aliphatic rings. The van der Waals surface area contributed by atoms with E-state index in [0.717, 1.165) is 0 Å². The molecule has 0 aromatic heterocycles. The summed E-state index contributed by atoms with van der Waals surface area (Å²) in [6.07, 6.45) is -0.252. The van der Waals surface area contributed by atoms with E-state index in [2.05, 4.69) is 11.7 Å². The van der Waals surface area contributed by atoms with Gasteiger partial charge in [0, 0.05) is 12.7 Å². The molecule has 0 aromatic rings. The second-order valence-electron chi connectivity index (χ2n) is 2.42. The first-order chi connectivity index (χ1) is 5.43. The van der Waals surface area contributed by atoms with Crippen LogP contribution < -0.4 is 5.73 Å². The lowest BCUT2D eigenvalue weighted by Crippen LogP contribution is -2.21. The van der Waals surface area contributed by atoms with Gasteiger partial charge in [0.05, 0.1) is 0 Å². The molecule has 0 amide bonds. The number of carboxylic acids is 1. The zero-order valence-electron chi connectivity index (χ0n) is 7.24. The zero-order valence-corrected chi connectivity index (χ0v) is 7.24. The highest BCUT2D eigenvalue weighted by molar-refractivity contribution is 5.95. The van der Waals surface area contributed by atoms with Gasteiger partial charge in [-0.25, -0.2) is 0 Å². The highest BCUT2D eigenvalue weighted by Crippen LogP contribution is 1.96. The lowest BCUT2D eigenvalue weighted by atomic mass is 10.4. The van der Waals surface area contributed by atoms with Gasteiger partial charge in [-0.15, -0.1) is 0 Å². The van der Waals surface area contributed by atoms with Gasteiger partial charge in [0.1, 0.15) is 12.3 Å². The van der Waals surface area contributed by atoms with Crippen LogP contribution in [0.5, 0.6) is 0 Å². The molecule has 0 atom stereocenters. The van der Waals surface area contributed by atoms with E-state index >= 15 is 0 Å². The van der Waals surface area contributed by atoms with Crippen molar-refractivity contribution < 1.29 is 9.90 Å². The third-order valence-corrected chi connectivity index (χ3v) is 1.16. The molecule has 0 unspecified atom stereocenters. The highest BCUT2D eigenvalue weighted by atomic mass is 16.4. The Bertz CT molecular complexity index is 223. The Morgan fingerprint density at radius 1 is 1.75 bits per heavy atom. The second kappa shape index (κ2) is 4.38. The molecule has 0 spiro atoms. The largest absolute Gasteiger partial charge is 0.481 e. The van der Waals surface area contributed by atoms with Gasteiger partial charge >= 0.3 is 5.97 Å². The van der Waals surface area contributed by atoms with Crippen molar-refractivity contribution in [3.05, 3.63) is 12.3 Å². The van der Waals surface area contributed by atoms with Crippen LogP contribution in [0.1, 0.15) is 13.3 Å². The number of nitrogens with zero attached hydrogens (tertiary/aromatic N) is 2. The SMILES string of the molecule is C=C(C)N(C)/N=C(\N)CC(=O)O. The molecule has 0 saturated carbocycles. The number of carboxylic acid groups (broad SMARTS) is 1. The molecule has 5 heteroatoms. The average molecular weight is 171 g/mol. The van der Waals surface area contributed by atoms with E-state index in [1.54, 1.807) is 14.0 Å². The first-order valence-corrected chi connectivity index (χ1v) is 3.37. The smallest absolute Gasteiger partial charge is 0.311 e. The molecule has 0 rings (SSSR count). The van der Waals surface area contributed by atoms with E-state index in [0.29, 0.717) is 5.70 Å². The Morgan fingerprint density at radius 2 is 2.25 bits per heavy atom. The van der Waals surface area contributed by atoms with Gasteiger partial charge in [0.15, 0.2) is 0 Å². The monoisotopic (exact) mass is 171 g/mol. The number of rotatable bonds is 4. The van der Waals surface area contributed by atoms with Crippen LogP contribution in [-0.2, 0) is 4.79 Å². The third kappa shape index (κ3) is 4.32. The standard InChI is InChI=1S/C7H13N3O2/c1-5(2)10(3)9-6(8)4-7(11)12/h1,4H2,2-3H3,(H2,8,9)(H,11,12). The summed E-state index contributed by atoms with van der Waals surface area (Å²) in [5.74, 6) is -0.931. The van der Waals surface area contributed by atoms with Gasteiger partial charge in [0.2, 0.25) is 0 Å². The predicted molar refractivity (Wildman–Crippen MR) is 46.5 cm³/mol. The van der Waals surface area contributed by atoms with E-state index in [4.69, 9.17) is 10.8 Å². The van der Waals surface area contributed by atoms with Crippen LogP contribution in [0.3, 0.4) is 0 Å². The average Bonchev–Trinajstić information content (AvgIpc) is 1.84. The van der Waals surface area contributed by atoms with Crippen LogP contribution in [-0.4, -0.2) is 29.0 Å². The first-order valence-electron chi connectivity index (χ1n) is 3.37. The molecule has 0 aromatic carbocycles. The van der Waals surface area contributed by atoms with Crippen LogP contribution in [0.25, 0.3) is 0 Å². The normalized spacial score (nSPS) is 11.0. The van der Waals surface area contributed by atoms with Gasteiger partial charge < -0.3 is 10.8 Å². The Hall–Kier alpha value is -1.52. The lowest BCUT2D eigenvalue weighted by molar-refractivity contribution is -0.135. The molecule has 12 heavy (non-hydrogen) atoms. The van der Waals surface area contributed by atoms with Crippen LogP contribution in [0.15, 0.2) is 17.4 Å². The van der Waals surface area contributed by atoms with E-state index in [-0.39, 0.29) is 12.3 Å². The molecular formula is C7H13N3O2. The summed E-state index contributed by atoms with van der Waals surface area (Å²) in [6.45, 7) is 5.35. The van der Waals surface area contributed by atoms with Crippen molar-refractivity contribution in [3.63, 3.8) is 0 Å².